The second kappa shape index (κ2) is 5.93. The molecule has 1 aliphatic rings. The Labute approximate surface area is 116 Å². The predicted molar refractivity (Wildman–Crippen MR) is 79.4 cm³/mol. The second-order valence-electron chi connectivity index (χ2n) is 6.28. The normalized spacial score (nSPS) is 18.5. The topological polar surface area (TPSA) is 38.5 Å². The van der Waals surface area contributed by atoms with E-state index in [1.807, 2.05) is 0 Å². The van der Waals surface area contributed by atoms with Crippen LogP contribution in [0.25, 0.3) is 0 Å². The number of nitrogens with two attached hydrogens (primary N) is 1. The first-order valence-corrected chi connectivity index (χ1v) is 7.23. The zero-order valence-electron chi connectivity index (χ0n) is 12.4. The fourth-order valence-electron chi connectivity index (χ4n) is 2.66. The van der Waals surface area contributed by atoms with Crippen molar-refractivity contribution < 1.29 is 4.74 Å². The fourth-order valence-corrected chi connectivity index (χ4v) is 2.66. The lowest BCUT2D eigenvalue weighted by atomic mass is 10.1. The van der Waals surface area contributed by atoms with Crippen LogP contribution in [-0.2, 0) is 0 Å². The van der Waals surface area contributed by atoms with Crippen LogP contribution in [0, 0.1) is 0 Å². The van der Waals surface area contributed by atoms with Gasteiger partial charge in [-0.1, -0.05) is 12.1 Å². The maximum Gasteiger partial charge on any atom is 0.120 e. The molecule has 3 nitrogen and oxygen atoms in total. The fraction of sp³-hybridized carbons (Fsp3) is 0.625. The van der Waals surface area contributed by atoms with Crippen molar-refractivity contribution in [1.82, 2.24) is 4.90 Å². The Morgan fingerprint density at radius 3 is 2.21 bits per heavy atom. The van der Waals surface area contributed by atoms with Crippen molar-refractivity contribution in [3.8, 4) is 5.75 Å². The van der Waals surface area contributed by atoms with E-state index in [9.17, 15) is 0 Å². The molecule has 3 heteroatoms. The highest BCUT2D eigenvalue weighted by Gasteiger charge is 2.22. The van der Waals surface area contributed by atoms with Crippen molar-refractivity contribution in [2.75, 3.05) is 19.6 Å². The molecule has 0 spiro atoms. The molecular weight excluding hydrogens is 236 g/mol. The summed E-state index contributed by atoms with van der Waals surface area (Å²) in [5.74, 6) is 0.924. The summed E-state index contributed by atoms with van der Waals surface area (Å²) < 4.78 is 5.85. The van der Waals surface area contributed by atoms with Crippen LogP contribution in [0.3, 0.4) is 0 Å². The van der Waals surface area contributed by atoms with Gasteiger partial charge in [0.05, 0.1) is 0 Å². The molecule has 1 fully saturated rings. The lowest BCUT2D eigenvalue weighted by molar-refractivity contribution is 0.131. The minimum Gasteiger partial charge on any atom is -0.488 e. The number of benzene rings is 1. The third-order valence-corrected chi connectivity index (χ3v) is 3.49. The summed E-state index contributed by atoms with van der Waals surface area (Å²) in [5.41, 5.74) is 7.10. The third kappa shape index (κ3) is 3.95. The summed E-state index contributed by atoms with van der Waals surface area (Å²) in [7, 11) is 0. The quantitative estimate of drug-likeness (QED) is 0.906. The molecule has 1 aromatic rings. The van der Waals surface area contributed by atoms with Gasteiger partial charge >= 0.3 is 0 Å². The van der Waals surface area contributed by atoms with Gasteiger partial charge in [-0.05, 0) is 64.4 Å². The van der Waals surface area contributed by atoms with Gasteiger partial charge in [-0.2, -0.15) is 0 Å². The Morgan fingerprint density at radius 1 is 1.16 bits per heavy atom. The van der Waals surface area contributed by atoms with Crippen LogP contribution < -0.4 is 10.5 Å². The maximum absolute atomic E-state index is 5.95. The molecule has 19 heavy (non-hydrogen) atoms. The van der Waals surface area contributed by atoms with E-state index in [1.165, 1.54) is 31.5 Å². The minimum absolute atomic E-state index is 0.149. The van der Waals surface area contributed by atoms with Gasteiger partial charge in [-0.15, -0.1) is 0 Å². The van der Waals surface area contributed by atoms with Crippen LogP contribution in [0.15, 0.2) is 24.3 Å². The van der Waals surface area contributed by atoms with Crippen molar-refractivity contribution in [3.63, 3.8) is 0 Å². The van der Waals surface area contributed by atoms with E-state index in [4.69, 9.17) is 10.5 Å². The number of hydrogen-bond acceptors (Lipinski definition) is 3. The van der Waals surface area contributed by atoms with Crippen LogP contribution in [-0.4, -0.2) is 30.1 Å². The van der Waals surface area contributed by atoms with E-state index in [-0.39, 0.29) is 5.60 Å². The highest BCUT2D eigenvalue weighted by molar-refractivity contribution is 5.30. The standard InChI is InChI=1S/C16H26N2O/c1-16(2,3)19-14-8-6-13(7-9-14)15(12-17)18-10-4-5-11-18/h6-9,15H,4-5,10-12,17H2,1-3H3. The molecule has 106 valence electrons. The Hall–Kier alpha value is -1.06. The minimum atomic E-state index is -0.149. The molecule has 0 saturated carbocycles. The maximum atomic E-state index is 5.95. The van der Waals surface area contributed by atoms with Crippen LogP contribution in [0.5, 0.6) is 5.75 Å². The summed E-state index contributed by atoms with van der Waals surface area (Å²) in [6, 6.07) is 8.76. The van der Waals surface area contributed by atoms with E-state index >= 15 is 0 Å². The van der Waals surface area contributed by atoms with Gasteiger partial charge in [-0.25, -0.2) is 0 Å². The first-order chi connectivity index (χ1) is 8.99. The first kappa shape index (κ1) is 14.4. The van der Waals surface area contributed by atoms with Crippen LogP contribution in [0.1, 0.15) is 45.2 Å². The summed E-state index contributed by atoms with van der Waals surface area (Å²) in [4.78, 5) is 2.49. The van der Waals surface area contributed by atoms with Crippen molar-refractivity contribution in [1.29, 1.82) is 0 Å². The summed E-state index contributed by atoms with van der Waals surface area (Å²) in [6.07, 6.45) is 2.59. The van der Waals surface area contributed by atoms with Gasteiger partial charge < -0.3 is 10.5 Å². The first-order valence-electron chi connectivity index (χ1n) is 7.23. The Morgan fingerprint density at radius 2 is 1.74 bits per heavy atom. The lowest BCUT2D eigenvalue weighted by Gasteiger charge is -2.27. The molecule has 1 saturated heterocycles. The molecule has 1 atom stereocenters. The largest absolute Gasteiger partial charge is 0.488 e. The highest BCUT2D eigenvalue weighted by atomic mass is 16.5. The van der Waals surface area contributed by atoms with Gasteiger partial charge in [0, 0.05) is 12.6 Å². The molecule has 0 aliphatic carbocycles. The summed E-state index contributed by atoms with van der Waals surface area (Å²) in [5, 5.41) is 0. The van der Waals surface area contributed by atoms with Gasteiger partial charge in [-0.3, -0.25) is 4.90 Å². The van der Waals surface area contributed by atoms with E-state index in [0.29, 0.717) is 12.6 Å². The Kier molecular flexibility index (Phi) is 4.48. The molecule has 2 N–H and O–H groups in total. The molecule has 2 rings (SSSR count). The van der Waals surface area contributed by atoms with Crippen molar-refractivity contribution in [2.24, 2.45) is 5.73 Å². The molecule has 1 unspecified atom stereocenters. The van der Waals surface area contributed by atoms with E-state index < -0.39 is 0 Å². The van der Waals surface area contributed by atoms with E-state index in [0.717, 1.165) is 5.75 Å². The molecule has 1 aromatic carbocycles. The average Bonchev–Trinajstić information content (AvgIpc) is 2.84. The number of rotatable bonds is 4. The average molecular weight is 262 g/mol. The zero-order valence-corrected chi connectivity index (χ0v) is 12.4. The van der Waals surface area contributed by atoms with Gasteiger partial charge in [0.15, 0.2) is 0 Å². The van der Waals surface area contributed by atoms with Gasteiger partial charge in [0.1, 0.15) is 11.4 Å². The third-order valence-electron chi connectivity index (χ3n) is 3.49. The van der Waals surface area contributed by atoms with Crippen LogP contribution in [0.4, 0.5) is 0 Å². The van der Waals surface area contributed by atoms with Gasteiger partial charge in [0.2, 0.25) is 0 Å². The number of hydrogen-bond donors (Lipinski definition) is 1. The van der Waals surface area contributed by atoms with E-state index in [1.54, 1.807) is 0 Å². The molecule has 0 aromatic heterocycles. The smallest absolute Gasteiger partial charge is 0.120 e. The number of ether oxygens (including phenoxy) is 1. The number of nitrogens with zero attached hydrogens (tertiary/aromatic N) is 1. The molecule has 1 aliphatic heterocycles. The molecule has 0 radical (unpaired) electrons. The molecular formula is C16H26N2O. The zero-order chi connectivity index (χ0) is 13.9. The van der Waals surface area contributed by atoms with Crippen molar-refractivity contribution >= 4 is 0 Å². The summed E-state index contributed by atoms with van der Waals surface area (Å²) in [6.45, 7) is 9.21. The van der Waals surface area contributed by atoms with Crippen molar-refractivity contribution in [3.05, 3.63) is 29.8 Å². The second-order valence-corrected chi connectivity index (χ2v) is 6.28. The molecule has 0 amide bonds. The Balaban J connectivity index is 2.07. The molecule has 0 bridgehead atoms. The number of likely N-dealkylation sites (tertiary alicyclic amines) is 1. The SMILES string of the molecule is CC(C)(C)Oc1ccc(C(CN)N2CCCC2)cc1. The monoisotopic (exact) mass is 262 g/mol. The predicted octanol–water partition coefficient (Wildman–Crippen LogP) is 2.96. The Bertz CT molecular complexity index is 388. The molecule has 1 heterocycles. The summed E-state index contributed by atoms with van der Waals surface area (Å²) >= 11 is 0. The van der Waals surface area contributed by atoms with Crippen molar-refractivity contribution in [2.45, 2.75) is 45.3 Å². The lowest BCUT2D eigenvalue weighted by Crippen LogP contribution is -2.31. The van der Waals surface area contributed by atoms with E-state index in [2.05, 4.69) is 49.9 Å². The van der Waals surface area contributed by atoms with Gasteiger partial charge in [0.25, 0.3) is 0 Å². The highest BCUT2D eigenvalue weighted by Crippen LogP contribution is 2.26. The van der Waals surface area contributed by atoms with Crippen LogP contribution in [0.2, 0.25) is 0 Å². The van der Waals surface area contributed by atoms with Crippen LogP contribution >= 0.6 is 0 Å².